The molecule has 0 amide bonds. The first-order chi connectivity index (χ1) is 12.9. The quantitative estimate of drug-likeness (QED) is 0.712. The Morgan fingerprint density at radius 2 is 1.89 bits per heavy atom. The summed E-state index contributed by atoms with van der Waals surface area (Å²) in [4.78, 5) is 4.57. The number of imidazole rings is 1. The first-order valence-corrected chi connectivity index (χ1v) is 9.40. The smallest absolute Gasteiger partial charge is 0.184 e. The second kappa shape index (κ2) is 7.11. The van der Waals surface area contributed by atoms with Crippen LogP contribution in [0.2, 0.25) is 5.15 Å². The summed E-state index contributed by atoms with van der Waals surface area (Å²) in [6.07, 6.45) is 1.54. The number of nitrogens with one attached hydrogen (secondary N) is 1. The monoisotopic (exact) mass is 386 g/mol. The molecular weight excluding hydrogens is 364 g/mol. The van der Waals surface area contributed by atoms with Crippen molar-refractivity contribution in [3.05, 3.63) is 47.2 Å². The molecule has 7 heteroatoms. The van der Waals surface area contributed by atoms with E-state index in [0.717, 1.165) is 34.7 Å². The summed E-state index contributed by atoms with van der Waals surface area (Å²) in [5, 5.41) is 8.30. The van der Waals surface area contributed by atoms with Crippen molar-refractivity contribution in [2.75, 3.05) is 25.1 Å². The second-order valence-electron chi connectivity index (χ2n) is 7.87. The van der Waals surface area contributed by atoms with Crippen LogP contribution < -0.4 is 5.32 Å². The van der Waals surface area contributed by atoms with E-state index in [1.54, 1.807) is 4.52 Å². The number of benzene rings is 1. The molecule has 4 rings (SSSR count). The Morgan fingerprint density at radius 3 is 2.56 bits per heavy atom. The Balaban J connectivity index is 1.67. The maximum absolute atomic E-state index is 6.27. The molecule has 1 aromatic carbocycles. The number of aromatic nitrogens is 3. The van der Waals surface area contributed by atoms with Gasteiger partial charge in [-0.05, 0) is 5.41 Å². The molecule has 1 fully saturated rings. The summed E-state index contributed by atoms with van der Waals surface area (Å²) in [5.41, 5.74) is 4.66. The van der Waals surface area contributed by atoms with E-state index in [4.69, 9.17) is 21.1 Å². The highest BCUT2D eigenvalue weighted by Crippen LogP contribution is 2.29. The lowest BCUT2D eigenvalue weighted by Gasteiger charge is -2.20. The number of hydrogen-bond acceptors (Lipinski definition) is 5. The van der Waals surface area contributed by atoms with Gasteiger partial charge in [0.15, 0.2) is 17.1 Å². The van der Waals surface area contributed by atoms with Crippen molar-refractivity contribution in [1.82, 2.24) is 14.6 Å². The molecule has 0 spiro atoms. The number of nitrogens with zero attached hydrogens (tertiary/aromatic N) is 3. The fraction of sp³-hybridized carbons (Fsp3) is 0.400. The lowest BCUT2D eigenvalue weighted by atomic mass is 9.97. The van der Waals surface area contributed by atoms with Gasteiger partial charge in [0.1, 0.15) is 0 Å². The molecule has 3 aromatic rings. The highest BCUT2D eigenvalue weighted by Gasteiger charge is 2.19. The average molecular weight is 387 g/mol. The molecule has 0 unspecified atom stereocenters. The Hall–Kier alpha value is -2.15. The van der Waals surface area contributed by atoms with E-state index in [1.165, 1.54) is 0 Å². The molecule has 142 valence electrons. The van der Waals surface area contributed by atoms with Gasteiger partial charge in [0.25, 0.3) is 0 Å². The van der Waals surface area contributed by atoms with E-state index in [0.29, 0.717) is 18.4 Å². The molecule has 27 heavy (non-hydrogen) atoms. The number of hydrogen-bond donors (Lipinski definition) is 1. The second-order valence-corrected chi connectivity index (χ2v) is 8.26. The molecule has 3 heterocycles. The van der Waals surface area contributed by atoms with E-state index in [1.807, 2.05) is 36.5 Å². The molecule has 0 atom stereocenters. The number of rotatable bonds is 4. The fourth-order valence-corrected chi connectivity index (χ4v) is 3.17. The lowest BCUT2D eigenvalue weighted by molar-refractivity contribution is -0.0441. The van der Waals surface area contributed by atoms with E-state index in [-0.39, 0.29) is 11.7 Å². The molecule has 1 saturated heterocycles. The first kappa shape index (κ1) is 18.2. The number of anilines is 1. The third-order valence-electron chi connectivity index (χ3n) is 4.35. The van der Waals surface area contributed by atoms with Gasteiger partial charge < -0.3 is 14.8 Å². The van der Waals surface area contributed by atoms with E-state index in [2.05, 4.69) is 36.2 Å². The van der Waals surface area contributed by atoms with Crippen LogP contribution in [0.4, 0.5) is 5.69 Å². The Morgan fingerprint density at radius 1 is 1.19 bits per heavy atom. The van der Waals surface area contributed by atoms with Crippen molar-refractivity contribution in [2.45, 2.75) is 27.1 Å². The molecule has 1 N–H and O–H groups in total. The van der Waals surface area contributed by atoms with Crippen LogP contribution in [0.15, 0.2) is 36.5 Å². The van der Waals surface area contributed by atoms with Gasteiger partial charge in [-0.1, -0.05) is 56.6 Å². The molecule has 6 nitrogen and oxygen atoms in total. The van der Waals surface area contributed by atoms with Crippen molar-refractivity contribution in [3.63, 3.8) is 0 Å². The number of halogens is 1. The Kier molecular flexibility index (Phi) is 4.80. The summed E-state index contributed by atoms with van der Waals surface area (Å²) >= 11 is 6.27. The minimum atomic E-state index is -0.276. The van der Waals surface area contributed by atoms with Gasteiger partial charge in [0.05, 0.1) is 30.8 Å². The third-order valence-corrected chi connectivity index (χ3v) is 4.53. The zero-order chi connectivity index (χ0) is 19.0. The maximum atomic E-state index is 6.27. The average Bonchev–Trinajstić information content (AvgIpc) is 3.29. The minimum Gasteiger partial charge on any atom is -0.381 e. The highest BCUT2D eigenvalue weighted by atomic mass is 35.5. The van der Waals surface area contributed by atoms with Crippen LogP contribution in [0.25, 0.3) is 16.9 Å². The molecule has 0 radical (unpaired) electrons. The van der Waals surface area contributed by atoms with Crippen LogP contribution >= 0.6 is 11.6 Å². The van der Waals surface area contributed by atoms with Crippen LogP contribution in [0.3, 0.4) is 0 Å². The van der Waals surface area contributed by atoms with Crippen LogP contribution in [0.5, 0.6) is 0 Å². The number of fused-ring (bicyclic) bond motifs is 1. The molecule has 0 bridgehead atoms. The van der Waals surface area contributed by atoms with Gasteiger partial charge in [-0.15, -0.1) is 0 Å². The highest BCUT2D eigenvalue weighted by molar-refractivity contribution is 6.29. The zero-order valence-electron chi connectivity index (χ0n) is 15.7. The standard InChI is InChI=1S/C20H23ClN4O2/c1-20(2,3)12-23-15-10-17(21)24-25-16(11-22-18(15)25)13-4-6-14(7-5-13)19-26-8-9-27-19/h4-7,10-11,19,23H,8-9,12H2,1-3H3. The Labute approximate surface area is 163 Å². The zero-order valence-corrected chi connectivity index (χ0v) is 16.5. The molecule has 1 aliphatic rings. The van der Waals surface area contributed by atoms with Crippen LogP contribution in [0.1, 0.15) is 32.6 Å². The van der Waals surface area contributed by atoms with Crippen molar-refractivity contribution < 1.29 is 9.47 Å². The van der Waals surface area contributed by atoms with Gasteiger partial charge in [0.2, 0.25) is 0 Å². The first-order valence-electron chi connectivity index (χ1n) is 9.02. The fourth-order valence-electron chi connectivity index (χ4n) is 2.99. The normalized spacial score (nSPS) is 15.6. The third kappa shape index (κ3) is 3.93. The SMILES string of the molecule is CC(C)(C)CNc1cc(Cl)nn2c(-c3ccc(C4OCCO4)cc3)cnc12. The van der Waals surface area contributed by atoms with Crippen molar-refractivity contribution in [3.8, 4) is 11.3 Å². The van der Waals surface area contributed by atoms with Crippen molar-refractivity contribution >= 4 is 22.9 Å². The van der Waals surface area contributed by atoms with Crippen LogP contribution in [-0.2, 0) is 9.47 Å². The van der Waals surface area contributed by atoms with E-state index in [9.17, 15) is 0 Å². The predicted octanol–water partition coefficient (Wildman–Crippen LogP) is 4.55. The maximum Gasteiger partial charge on any atom is 0.184 e. The topological polar surface area (TPSA) is 60.7 Å². The molecule has 2 aromatic heterocycles. The largest absolute Gasteiger partial charge is 0.381 e. The molecule has 0 saturated carbocycles. The van der Waals surface area contributed by atoms with Crippen LogP contribution in [-0.4, -0.2) is 34.4 Å². The van der Waals surface area contributed by atoms with Gasteiger partial charge in [-0.2, -0.15) is 5.10 Å². The Bertz CT molecular complexity index is 941. The summed E-state index contributed by atoms with van der Waals surface area (Å²) in [5.74, 6) is 0. The summed E-state index contributed by atoms with van der Waals surface area (Å²) in [6, 6.07) is 9.88. The van der Waals surface area contributed by atoms with Gasteiger partial charge in [-0.25, -0.2) is 9.50 Å². The van der Waals surface area contributed by atoms with Crippen molar-refractivity contribution in [2.24, 2.45) is 5.41 Å². The minimum absolute atomic E-state index is 0.141. The van der Waals surface area contributed by atoms with Gasteiger partial charge in [-0.3, -0.25) is 0 Å². The molecule has 0 aliphatic carbocycles. The predicted molar refractivity (Wildman–Crippen MR) is 106 cm³/mol. The van der Waals surface area contributed by atoms with E-state index >= 15 is 0 Å². The van der Waals surface area contributed by atoms with Crippen molar-refractivity contribution in [1.29, 1.82) is 0 Å². The van der Waals surface area contributed by atoms with Crippen LogP contribution in [0, 0.1) is 5.41 Å². The summed E-state index contributed by atoms with van der Waals surface area (Å²) in [6.45, 7) is 8.60. The number of ether oxygens (including phenoxy) is 2. The van der Waals surface area contributed by atoms with Gasteiger partial charge >= 0.3 is 0 Å². The lowest BCUT2D eigenvalue weighted by Crippen LogP contribution is -2.19. The van der Waals surface area contributed by atoms with Gasteiger partial charge in [0, 0.05) is 23.7 Å². The molecular formula is C20H23ClN4O2. The summed E-state index contributed by atoms with van der Waals surface area (Å²) < 4.78 is 12.9. The summed E-state index contributed by atoms with van der Waals surface area (Å²) in [7, 11) is 0. The molecule has 1 aliphatic heterocycles. The van der Waals surface area contributed by atoms with E-state index < -0.39 is 0 Å².